The SMILES string of the molecule is COC(=O)c1c(N)c(C#N)cn1-c1cc(C(F)(F)F)c(Cl)cc1I. The van der Waals surface area contributed by atoms with Crippen LogP contribution < -0.4 is 5.73 Å². The van der Waals surface area contributed by atoms with Gasteiger partial charge in [-0.15, -0.1) is 0 Å². The number of rotatable bonds is 2. The van der Waals surface area contributed by atoms with Crippen molar-refractivity contribution in [2.24, 2.45) is 0 Å². The second kappa shape index (κ2) is 6.52. The van der Waals surface area contributed by atoms with Gasteiger partial charge in [-0.2, -0.15) is 18.4 Å². The number of hydrogen-bond donors (Lipinski definition) is 1. The number of carbonyl (C=O) groups excluding carboxylic acids is 1. The standard InChI is InChI=1S/C14H8ClF3IN3O2/c1-24-13(23)12-11(21)6(4-20)5-22(12)10-2-7(14(16,17)18)8(15)3-9(10)19/h2-3,5H,21H2,1H3. The zero-order valence-electron chi connectivity index (χ0n) is 11.9. The second-order valence-corrected chi connectivity index (χ2v) is 6.13. The first-order valence-electron chi connectivity index (χ1n) is 6.17. The number of halogens is 5. The summed E-state index contributed by atoms with van der Waals surface area (Å²) in [6, 6.07) is 3.68. The van der Waals surface area contributed by atoms with Gasteiger partial charge in [0.15, 0.2) is 5.69 Å². The molecular weight excluding hydrogens is 462 g/mol. The van der Waals surface area contributed by atoms with Gasteiger partial charge in [-0.05, 0) is 34.7 Å². The van der Waals surface area contributed by atoms with Gasteiger partial charge in [0.2, 0.25) is 0 Å². The molecule has 0 aliphatic rings. The first kappa shape index (κ1) is 18.4. The molecule has 1 aromatic heterocycles. The van der Waals surface area contributed by atoms with Crippen LogP contribution in [-0.2, 0) is 10.9 Å². The molecule has 0 spiro atoms. The number of carbonyl (C=O) groups is 1. The van der Waals surface area contributed by atoms with Gasteiger partial charge in [-0.25, -0.2) is 4.79 Å². The Labute approximate surface area is 152 Å². The van der Waals surface area contributed by atoms with Crippen LogP contribution in [0.5, 0.6) is 0 Å². The fourth-order valence-corrected chi connectivity index (χ4v) is 3.23. The summed E-state index contributed by atoms with van der Waals surface area (Å²) in [5.41, 5.74) is 4.20. The number of nitrogens with two attached hydrogens (primary N) is 1. The van der Waals surface area contributed by atoms with Gasteiger partial charge in [0.05, 0.1) is 34.6 Å². The zero-order valence-corrected chi connectivity index (χ0v) is 14.8. The smallest absolute Gasteiger partial charge is 0.417 e. The zero-order chi connectivity index (χ0) is 18.2. The highest BCUT2D eigenvalue weighted by Crippen LogP contribution is 2.38. The molecule has 0 fully saturated rings. The van der Waals surface area contributed by atoms with Crippen LogP contribution in [-0.4, -0.2) is 17.6 Å². The number of methoxy groups -OCH3 is 1. The van der Waals surface area contributed by atoms with Crippen molar-refractivity contribution in [3.63, 3.8) is 0 Å². The first-order valence-corrected chi connectivity index (χ1v) is 7.63. The molecule has 0 aliphatic carbocycles. The molecule has 0 atom stereocenters. The van der Waals surface area contributed by atoms with Gasteiger partial charge in [0.1, 0.15) is 6.07 Å². The third kappa shape index (κ3) is 3.16. The average molecular weight is 470 g/mol. The molecule has 0 amide bonds. The number of nitriles is 1. The van der Waals surface area contributed by atoms with Crippen molar-refractivity contribution in [2.75, 3.05) is 12.8 Å². The number of aromatic nitrogens is 1. The van der Waals surface area contributed by atoms with Crippen molar-refractivity contribution in [3.8, 4) is 11.8 Å². The average Bonchev–Trinajstić information content (AvgIpc) is 2.81. The monoisotopic (exact) mass is 469 g/mol. The minimum absolute atomic E-state index is 0.000856. The molecule has 0 saturated carbocycles. The minimum atomic E-state index is -4.68. The molecule has 0 aliphatic heterocycles. The van der Waals surface area contributed by atoms with E-state index in [1.54, 1.807) is 28.7 Å². The molecule has 0 radical (unpaired) electrons. The summed E-state index contributed by atoms with van der Waals surface area (Å²) in [5, 5.41) is 8.58. The van der Waals surface area contributed by atoms with Crippen LogP contribution in [0.3, 0.4) is 0 Å². The summed E-state index contributed by atoms with van der Waals surface area (Å²) < 4.78 is 45.3. The topological polar surface area (TPSA) is 81.0 Å². The Hall–Kier alpha value is -1.93. The number of esters is 1. The highest BCUT2D eigenvalue weighted by atomic mass is 127. The van der Waals surface area contributed by atoms with Gasteiger partial charge in [-0.3, -0.25) is 0 Å². The molecule has 0 saturated heterocycles. The van der Waals surface area contributed by atoms with E-state index in [1.165, 1.54) is 6.20 Å². The maximum absolute atomic E-state index is 13.1. The first-order chi connectivity index (χ1) is 11.1. The molecule has 24 heavy (non-hydrogen) atoms. The lowest BCUT2D eigenvalue weighted by atomic mass is 10.2. The highest BCUT2D eigenvalue weighted by Gasteiger charge is 2.35. The van der Waals surface area contributed by atoms with Gasteiger partial charge >= 0.3 is 12.1 Å². The Kier molecular flexibility index (Phi) is 5.00. The predicted octanol–water partition coefficient (Wildman–Crippen LogP) is 3.99. The van der Waals surface area contributed by atoms with Crippen LogP contribution in [0.2, 0.25) is 5.02 Å². The van der Waals surface area contributed by atoms with Crippen molar-refractivity contribution in [1.82, 2.24) is 4.57 Å². The van der Waals surface area contributed by atoms with Crippen molar-refractivity contribution < 1.29 is 22.7 Å². The molecule has 2 rings (SSSR count). The van der Waals surface area contributed by atoms with Crippen LogP contribution >= 0.6 is 34.2 Å². The third-order valence-electron chi connectivity index (χ3n) is 3.15. The molecule has 2 aromatic rings. The van der Waals surface area contributed by atoms with Gasteiger partial charge in [-0.1, -0.05) is 11.6 Å². The summed E-state index contributed by atoms with van der Waals surface area (Å²) in [6.45, 7) is 0. The minimum Gasteiger partial charge on any atom is -0.464 e. The van der Waals surface area contributed by atoms with Crippen LogP contribution in [0.25, 0.3) is 5.69 Å². The van der Waals surface area contributed by atoms with Crippen LogP contribution in [0.1, 0.15) is 21.6 Å². The molecule has 0 bridgehead atoms. The lowest BCUT2D eigenvalue weighted by Gasteiger charge is -2.15. The largest absolute Gasteiger partial charge is 0.464 e. The summed E-state index contributed by atoms with van der Waals surface area (Å²) in [5.74, 6) is -0.881. The maximum atomic E-state index is 13.1. The number of alkyl halides is 3. The summed E-state index contributed by atoms with van der Waals surface area (Å²) in [4.78, 5) is 11.9. The second-order valence-electron chi connectivity index (χ2n) is 4.56. The Morgan fingerprint density at radius 2 is 2.08 bits per heavy atom. The fourth-order valence-electron chi connectivity index (χ4n) is 2.04. The molecule has 126 valence electrons. The highest BCUT2D eigenvalue weighted by molar-refractivity contribution is 14.1. The van der Waals surface area contributed by atoms with E-state index in [1.807, 2.05) is 0 Å². The lowest BCUT2D eigenvalue weighted by Crippen LogP contribution is -2.13. The van der Waals surface area contributed by atoms with Gasteiger partial charge < -0.3 is 15.0 Å². The number of anilines is 1. The molecule has 1 heterocycles. The van der Waals surface area contributed by atoms with E-state index in [0.29, 0.717) is 3.57 Å². The van der Waals surface area contributed by atoms with Crippen molar-refractivity contribution in [3.05, 3.63) is 43.7 Å². The molecule has 10 heteroatoms. The number of nitrogens with zero attached hydrogens (tertiary/aromatic N) is 2. The Morgan fingerprint density at radius 3 is 2.58 bits per heavy atom. The number of hydrogen-bond acceptors (Lipinski definition) is 4. The molecule has 5 nitrogen and oxygen atoms in total. The summed E-state index contributed by atoms with van der Waals surface area (Å²) in [7, 11) is 1.10. The van der Waals surface area contributed by atoms with Crippen molar-refractivity contribution in [1.29, 1.82) is 5.26 Å². The number of benzene rings is 1. The van der Waals surface area contributed by atoms with E-state index >= 15 is 0 Å². The summed E-state index contributed by atoms with van der Waals surface area (Å²) in [6.07, 6.45) is -3.51. The van der Waals surface area contributed by atoms with E-state index in [4.69, 9.17) is 22.6 Å². The van der Waals surface area contributed by atoms with E-state index in [0.717, 1.165) is 23.8 Å². The Morgan fingerprint density at radius 1 is 1.46 bits per heavy atom. The fraction of sp³-hybridized carbons (Fsp3) is 0.143. The summed E-state index contributed by atoms with van der Waals surface area (Å²) >= 11 is 7.44. The van der Waals surface area contributed by atoms with Crippen molar-refractivity contribution in [2.45, 2.75) is 6.18 Å². The molecule has 2 N–H and O–H groups in total. The van der Waals surface area contributed by atoms with Gasteiger partial charge in [0.25, 0.3) is 0 Å². The number of ether oxygens (including phenoxy) is 1. The Balaban J connectivity index is 2.82. The molecule has 0 unspecified atom stereocenters. The third-order valence-corrected chi connectivity index (χ3v) is 4.32. The number of nitrogen functional groups attached to an aromatic ring is 1. The van der Waals surface area contributed by atoms with Crippen molar-refractivity contribution >= 4 is 45.8 Å². The lowest BCUT2D eigenvalue weighted by molar-refractivity contribution is -0.137. The van der Waals surface area contributed by atoms with E-state index in [-0.39, 0.29) is 22.6 Å². The van der Waals surface area contributed by atoms with Crippen LogP contribution in [0.4, 0.5) is 18.9 Å². The molecule has 1 aromatic carbocycles. The Bertz CT molecular complexity index is 872. The maximum Gasteiger partial charge on any atom is 0.417 e. The normalized spacial score (nSPS) is 11.2. The quantitative estimate of drug-likeness (QED) is 0.533. The van der Waals surface area contributed by atoms with Crippen LogP contribution in [0.15, 0.2) is 18.3 Å². The van der Waals surface area contributed by atoms with E-state index in [2.05, 4.69) is 4.74 Å². The van der Waals surface area contributed by atoms with E-state index < -0.39 is 22.7 Å². The van der Waals surface area contributed by atoms with Crippen LogP contribution in [0, 0.1) is 14.9 Å². The predicted molar refractivity (Wildman–Crippen MR) is 89.0 cm³/mol. The molecular formula is C14H8ClF3IN3O2. The van der Waals surface area contributed by atoms with Gasteiger partial charge in [0, 0.05) is 9.77 Å². The van der Waals surface area contributed by atoms with E-state index in [9.17, 15) is 18.0 Å².